The maximum Gasteiger partial charge on any atom is 0.331 e. The molecule has 0 bridgehead atoms. The van der Waals surface area contributed by atoms with Crippen LogP contribution in [0.2, 0.25) is 0 Å². The van der Waals surface area contributed by atoms with Gasteiger partial charge in [0.1, 0.15) is 5.60 Å². The molecule has 22 heavy (non-hydrogen) atoms. The van der Waals surface area contributed by atoms with Crippen molar-refractivity contribution in [2.24, 2.45) is 0 Å². The van der Waals surface area contributed by atoms with Crippen LogP contribution in [0.15, 0.2) is 59.1 Å². The summed E-state index contributed by atoms with van der Waals surface area (Å²) in [6, 6.07) is 16.0. The summed E-state index contributed by atoms with van der Waals surface area (Å²) in [6.45, 7) is 5.57. The van der Waals surface area contributed by atoms with Gasteiger partial charge in [0.25, 0.3) is 0 Å². The van der Waals surface area contributed by atoms with Crippen LogP contribution in [-0.2, 0) is 9.53 Å². The molecule has 0 amide bonds. The third kappa shape index (κ3) is 4.85. The molecular formula is C19H19BrO2. The number of ether oxygens (including phenoxy) is 1. The maximum atomic E-state index is 11.8. The van der Waals surface area contributed by atoms with Crippen LogP contribution in [0.5, 0.6) is 0 Å². The van der Waals surface area contributed by atoms with Gasteiger partial charge in [-0.3, -0.25) is 0 Å². The molecule has 0 aliphatic rings. The molecule has 0 atom stereocenters. The summed E-state index contributed by atoms with van der Waals surface area (Å²) in [7, 11) is 0. The highest BCUT2D eigenvalue weighted by Crippen LogP contribution is 2.27. The van der Waals surface area contributed by atoms with Gasteiger partial charge in [-0.1, -0.05) is 52.3 Å². The molecule has 0 aromatic heterocycles. The molecule has 2 aromatic rings. The van der Waals surface area contributed by atoms with Crippen molar-refractivity contribution in [1.29, 1.82) is 0 Å². The molecule has 3 heteroatoms. The van der Waals surface area contributed by atoms with Gasteiger partial charge in [0.15, 0.2) is 0 Å². The zero-order chi connectivity index (χ0) is 16.2. The van der Waals surface area contributed by atoms with Crippen LogP contribution in [-0.4, -0.2) is 11.6 Å². The summed E-state index contributed by atoms with van der Waals surface area (Å²) in [5.41, 5.74) is 2.67. The molecule has 0 heterocycles. The minimum atomic E-state index is -0.481. The van der Waals surface area contributed by atoms with Crippen LogP contribution in [0.3, 0.4) is 0 Å². The van der Waals surface area contributed by atoms with Crippen molar-refractivity contribution in [3.8, 4) is 11.1 Å². The zero-order valence-electron chi connectivity index (χ0n) is 13.0. The molecule has 2 nitrogen and oxygen atoms in total. The van der Waals surface area contributed by atoms with Crippen LogP contribution < -0.4 is 0 Å². The van der Waals surface area contributed by atoms with E-state index in [1.165, 1.54) is 6.08 Å². The Morgan fingerprint density at radius 3 is 2.50 bits per heavy atom. The van der Waals surface area contributed by atoms with Crippen LogP contribution in [0.1, 0.15) is 26.3 Å². The summed E-state index contributed by atoms with van der Waals surface area (Å²) in [5.74, 6) is -0.337. The molecule has 2 aromatic carbocycles. The first-order valence-corrected chi connectivity index (χ1v) is 7.90. The van der Waals surface area contributed by atoms with Crippen molar-refractivity contribution in [2.75, 3.05) is 0 Å². The first-order valence-electron chi connectivity index (χ1n) is 7.11. The lowest BCUT2D eigenvalue weighted by atomic mass is 9.99. The van der Waals surface area contributed by atoms with Gasteiger partial charge in [0, 0.05) is 10.5 Å². The predicted octanol–water partition coefficient (Wildman–Crippen LogP) is 5.47. The van der Waals surface area contributed by atoms with Gasteiger partial charge >= 0.3 is 5.97 Å². The highest BCUT2D eigenvalue weighted by molar-refractivity contribution is 9.10. The first kappa shape index (κ1) is 16.5. The van der Waals surface area contributed by atoms with Crippen molar-refractivity contribution in [3.63, 3.8) is 0 Å². The number of rotatable bonds is 3. The van der Waals surface area contributed by atoms with Crippen molar-refractivity contribution < 1.29 is 9.53 Å². The SMILES string of the molecule is CC(C)(C)OC(=O)/C=C/c1ccccc1-c1cccc(Br)c1. The smallest absolute Gasteiger partial charge is 0.331 e. The Hall–Kier alpha value is -1.87. The van der Waals surface area contributed by atoms with E-state index in [2.05, 4.69) is 22.0 Å². The second-order valence-corrected chi connectivity index (χ2v) is 6.88. The molecule has 0 N–H and O–H groups in total. The molecule has 0 unspecified atom stereocenters. The molecular weight excluding hydrogens is 340 g/mol. The molecule has 0 radical (unpaired) electrons. The average Bonchev–Trinajstić information content (AvgIpc) is 2.44. The number of carbonyl (C=O) groups is 1. The second kappa shape index (κ2) is 6.93. The van der Waals surface area contributed by atoms with E-state index in [9.17, 15) is 4.79 Å². The largest absolute Gasteiger partial charge is 0.457 e. The van der Waals surface area contributed by atoms with Gasteiger partial charge < -0.3 is 4.74 Å². The fourth-order valence-electron chi connectivity index (χ4n) is 2.05. The Bertz CT molecular complexity index is 697. The zero-order valence-corrected chi connectivity index (χ0v) is 14.6. The van der Waals surface area contributed by atoms with E-state index in [4.69, 9.17) is 4.74 Å². The third-order valence-electron chi connectivity index (χ3n) is 2.90. The number of halogens is 1. The van der Waals surface area contributed by atoms with Crippen molar-refractivity contribution in [2.45, 2.75) is 26.4 Å². The van der Waals surface area contributed by atoms with E-state index >= 15 is 0 Å². The lowest BCUT2D eigenvalue weighted by Crippen LogP contribution is -2.22. The minimum absolute atomic E-state index is 0.337. The van der Waals surface area contributed by atoms with E-state index in [1.54, 1.807) is 6.08 Å². The van der Waals surface area contributed by atoms with Crippen LogP contribution in [0, 0.1) is 0 Å². The van der Waals surface area contributed by atoms with Gasteiger partial charge in [-0.15, -0.1) is 0 Å². The fraction of sp³-hybridized carbons (Fsp3) is 0.211. The molecule has 0 spiro atoms. The summed E-state index contributed by atoms with van der Waals surface area (Å²) in [4.78, 5) is 11.8. The summed E-state index contributed by atoms with van der Waals surface area (Å²) < 4.78 is 6.31. The molecule has 0 fully saturated rings. The Balaban J connectivity index is 2.28. The highest BCUT2D eigenvalue weighted by Gasteiger charge is 2.14. The van der Waals surface area contributed by atoms with Crippen LogP contribution >= 0.6 is 15.9 Å². The molecule has 2 rings (SSSR count). The van der Waals surface area contributed by atoms with E-state index in [0.29, 0.717) is 0 Å². The van der Waals surface area contributed by atoms with E-state index in [1.807, 2.05) is 63.2 Å². The molecule has 0 saturated heterocycles. The molecule has 0 aliphatic carbocycles. The average molecular weight is 359 g/mol. The van der Waals surface area contributed by atoms with E-state index in [0.717, 1.165) is 21.2 Å². The van der Waals surface area contributed by atoms with Gasteiger partial charge in [-0.25, -0.2) is 4.79 Å². The quantitative estimate of drug-likeness (QED) is 0.537. The highest BCUT2D eigenvalue weighted by atomic mass is 79.9. The first-order chi connectivity index (χ1) is 10.3. The maximum absolute atomic E-state index is 11.8. The third-order valence-corrected chi connectivity index (χ3v) is 3.40. The summed E-state index contributed by atoms with van der Waals surface area (Å²) in [6.07, 6.45) is 3.27. The standard InChI is InChI=1S/C19H19BrO2/c1-19(2,3)22-18(21)12-11-14-7-4-5-10-17(14)15-8-6-9-16(20)13-15/h4-13H,1-3H3/b12-11+. The van der Waals surface area contributed by atoms with E-state index in [-0.39, 0.29) is 5.97 Å². The Kier molecular flexibility index (Phi) is 5.19. The second-order valence-electron chi connectivity index (χ2n) is 5.96. The minimum Gasteiger partial charge on any atom is -0.457 e. The Labute approximate surface area is 139 Å². The van der Waals surface area contributed by atoms with Gasteiger partial charge in [0.05, 0.1) is 0 Å². The Morgan fingerprint density at radius 2 is 1.82 bits per heavy atom. The summed E-state index contributed by atoms with van der Waals surface area (Å²) in [5, 5.41) is 0. The number of hydrogen-bond donors (Lipinski definition) is 0. The van der Waals surface area contributed by atoms with Crippen molar-refractivity contribution in [3.05, 3.63) is 64.6 Å². The lowest BCUT2D eigenvalue weighted by molar-refractivity contribution is -0.148. The van der Waals surface area contributed by atoms with Crippen LogP contribution in [0.4, 0.5) is 0 Å². The topological polar surface area (TPSA) is 26.3 Å². The predicted molar refractivity (Wildman–Crippen MR) is 94.5 cm³/mol. The lowest BCUT2D eigenvalue weighted by Gasteiger charge is -2.18. The van der Waals surface area contributed by atoms with Gasteiger partial charge in [-0.2, -0.15) is 0 Å². The van der Waals surface area contributed by atoms with Crippen molar-refractivity contribution in [1.82, 2.24) is 0 Å². The molecule has 114 valence electrons. The van der Waals surface area contributed by atoms with E-state index < -0.39 is 5.60 Å². The number of benzene rings is 2. The normalized spacial score (nSPS) is 11.6. The van der Waals surface area contributed by atoms with Crippen molar-refractivity contribution >= 4 is 28.0 Å². The van der Waals surface area contributed by atoms with Gasteiger partial charge in [0.2, 0.25) is 0 Å². The summed E-state index contributed by atoms with van der Waals surface area (Å²) >= 11 is 3.49. The van der Waals surface area contributed by atoms with Gasteiger partial charge in [-0.05, 0) is 55.7 Å². The number of hydrogen-bond acceptors (Lipinski definition) is 2. The fourth-order valence-corrected chi connectivity index (χ4v) is 2.45. The van der Waals surface area contributed by atoms with Crippen LogP contribution in [0.25, 0.3) is 17.2 Å². The number of esters is 1. The monoisotopic (exact) mass is 358 g/mol. The number of carbonyl (C=O) groups excluding carboxylic acids is 1. The Morgan fingerprint density at radius 1 is 1.09 bits per heavy atom. The molecule has 0 aliphatic heterocycles. The molecule has 0 saturated carbocycles.